The maximum Gasteiger partial charge on any atom is 0.251 e. The van der Waals surface area contributed by atoms with Gasteiger partial charge in [-0.25, -0.2) is 4.98 Å². The third-order valence-electron chi connectivity index (χ3n) is 3.47. The molecule has 3 aromatic rings. The molecule has 0 fully saturated rings. The van der Waals surface area contributed by atoms with Crippen LogP contribution in [-0.4, -0.2) is 25.0 Å². The summed E-state index contributed by atoms with van der Waals surface area (Å²) in [5.41, 5.74) is 4.15. The maximum absolute atomic E-state index is 12.2. The Morgan fingerprint density at radius 1 is 1.23 bits per heavy atom. The van der Waals surface area contributed by atoms with E-state index in [-0.39, 0.29) is 5.91 Å². The van der Waals surface area contributed by atoms with Crippen molar-refractivity contribution in [3.63, 3.8) is 0 Å². The molecule has 0 spiro atoms. The molecular formula is C17H17N3O2. The van der Waals surface area contributed by atoms with Gasteiger partial charge in [0, 0.05) is 31.9 Å². The van der Waals surface area contributed by atoms with E-state index in [4.69, 9.17) is 4.42 Å². The first-order chi connectivity index (χ1) is 10.6. The Kier molecular flexibility index (Phi) is 3.78. The van der Waals surface area contributed by atoms with Crippen LogP contribution in [0.3, 0.4) is 0 Å². The monoisotopic (exact) mass is 295 g/mol. The number of nitrogens with one attached hydrogen (secondary N) is 1. The highest BCUT2D eigenvalue weighted by Crippen LogP contribution is 2.15. The number of fused-ring (bicyclic) bond motifs is 1. The van der Waals surface area contributed by atoms with Gasteiger partial charge in [-0.05, 0) is 35.9 Å². The molecule has 112 valence electrons. The zero-order chi connectivity index (χ0) is 15.5. The molecule has 0 bridgehead atoms. The number of anilines is 1. The molecule has 0 aliphatic carbocycles. The Bertz CT molecular complexity index is 808. The molecule has 3 rings (SSSR count). The van der Waals surface area contributed by atoms with E-state index in [0.29, 0.717) is 12.1 Å². The topological polar surface area (TPSA) is 58.4 Å². The number of carbonyl (C=O) groups is 1. The van der Waals surface area contributed by atoms with Gasteiger partial charge < -0.3 is 14.6 Å². The van der Waals surface area contributed by atoms with Crippen LogP contribution in [0.2, 0.25) is 0 Å². The lowest BCUT2D eigenvalue weighted by atomic mass is 10.1. The van der Waals surface area contributed by atoms with Crippen molar-refractivity contribution in [1.29, 1.82) is 0 Å². The number of rotatable bonds is 4. The maximum atomic E-state index is 12.2. The number of benzene rings is 2. The van der Waals surface area contributed by atoms with E-state index < -0.39 is 0 Å². The molecule has 0 radical (unpaired) electrons. The SMILES string of the molecule is CN(C)c1cccc(C(=O)NCc2ccc3ncoc3c2)c1. The number of nitrogens with zero attached hydrogens (tertiary/aromatic N) is 2. The van der Waals surface area contributed by atoms with Crippen LogP contribution < -0.4 is 10.2 Å². The van der Waals surface area contributed by atoms with Crippen molar-refractivity contribution in [2.75, 3.05) is 19.0 Å². The van der Waals surface area contributed by atoms with E-state index in [1.54, 1.807) is 0 Å². The minimum atomic E-state index is -0.0960. The largest absolute Gasteiger partial charge is 0.443 e. The fourth-order valence-electron chi connectivity index (χ4n) is 2.22. The van der Waals surface area contributed by atoms with Gasteiger partial charge in [0.05, 0.1) is 0 Å². The minimum Gasteiger partial charge on any atom is -0.443 e. The summed E-state index contributed by atoms with van der Waals surface area (Å²) in [7, 11) is 3.90. The molecule has 5 heteroatoms. The third kappa shape index (κ3) is 2.93. The third-order valence-corrected chi connectivity index (χ3v) is 3.47. The summed E-state index contributed by atoms with van der Waals surface area (Å²) in [6.07, 6.45) is 1.42. The first kappa shape index (κ1) is 14.1. The molecule has 0 aliphatic rings. The van der Waals surface area contributed by atoms with Crippen molar-refractivity contribution in [3.8, 4) is 0 Å². The summed E-state index contributed by atoms with van der Waals surface area (Å²) < 4.78 is 5.26. The minimum absolute atomic E-state index is 0.0960. The lowest BCUT2D eigenvalue weighted by molar-refractivity contribution is 0.0951. The lowest BCUT2D eigenvalue weighted by Gasteiger charge is -2.13. The van der Waals surface area contributed by atoms with Crippen LogP contribution in [0.25, 0.3) is 11.1 Å². The van der Waals surface area contributed by atoms with Crippen molar-refractivity contribution in [1.82, 2.24) is 10.3 Å². The van der Waals surface area contributed by atoms with Gasteiger partial charge in [-0.3, -0.25) is 4.79 Å². The van der Waals surface area contributed by atoms with E-state index in [1.165, 1.54) is 6.39 Å². The predicted octanol–water partition coefficient (Wildman–Crippen LogP) is 2.82. The van der Waals surface area contributed by atoms with E-state index in [2.05, 4.69) is 10.3 Å². The van der Waals surface area contributed by atoms with Gasteiger partial charge in [0.2, 0.25) is 0 Å². The highest BCUT2D eigenvalue weighted by Gasteiger charge is 2.07. The van der Waals surface area contributed by atoms with Gasteiger partial charge >= 0.3 is 0 Å². The number of carbonyl (C=O) groups excluding carboxylic acids is 1. The molecule has 1 heterocycles. The number of hydrogen-bond acceptors (Lipinski definition) is 4. The molecule has 0 atom stereocenters. The zero-order valence-electron chi connectivity index (χ0n) is 12.5. The van der Waals surface area contributed by atoms with Crippen LogP contribution in [0, 0.1) is 0 Å². The van der Waals surface area contributed by atoms with Crippen LogP contribution in [0.5, 0.6) is 0 Å². The van der Waals surface area contributed by atoms with Gasteiger partial charge in [-0.1, -0.05) is 12.1 Å². The molecule has 0 unspecified atom stereocenters. The second kappa shape index (κ2) is 5.89. The summed E-state index contributed by atoms with van der Waals surface area (Å²) in [4.78, 5) is 18.3. The van der Waals surface area contributed by atoms with Crippen LogP contribution in [0.1, 0.15) is 15.9 Å². The first-order valence-corrected chi connectivity index (χ1v) is 7.01. The van der Waals surface area contributed by atoms with Crippen molar-refractivity contribution < 1.29 is 9.21 Å². The summed E-state index contributed by atoms with van der Waals surface area (Å²) in [5, 5.41) is 2.92. The molecule has 1 amide bonds. The van der Waals surface area contributed by atoms with Crippen LogP contribution in [0.15, 0.2) is 53.3 Å². The van der Waals surface area contributed by atoms with Crippen molar-refractivity contribution in [3.05, 3.63) is 60.0 Å². The first-order valence-electron chi connectivity index (χ1n) is 7.01. The number of amides is 1. The number of hydrogen-bond donors (Lipinski definition) is 1. The lowest BCUT2D eigenvalue weighted by Crippen LogP contribution is -2.23. The summed E-state index contributed by atoms with van der Waals surface area (Å²) in [5.74, 6) is -0.0960. The Hall–Kier alpha value is -2.82. The van der Waals surface area contributed by atoms with E-state index >= 15 is 0 Å². The second-order valence-corrected chi connectivity index (χ2v) is 5.28. The average Bonchev–Trinajstić information content (AvgIpc) is 3.00. The number of oxazole rings is 1. The van der Waals surface area contributed by atoms with Crippen molar-refractivity contribution in [2.24, 2.45) is 0 Å². The molecule has 22 heavy (non-hydrogen) atoms. The van der Waals surface area contributed by atoms with Gasteiger partial charge in [0.1, 0.15) is 5.52 Å². The fourth-order valence-corrected chi connectivity index (χ4v) is 2.22. The zero-order valence-corrected chi connectivity index (χ0v) is 12.5. The van der Waals surface area contributed by atoms with Crippen LogP contribution in [0.4, 0.5) is 5.69 Å². The highest BCUT2D eigenvalue weighted by atomic mass is 16.3. The molecule has 2 aromatic carbocycles. The Labute approximate surface area is 128 Å². The molecule has 1 aromatic heterocycles. The van der Waals surface area contributed by atoms with Gasteiger partial charge in [-0.15, -0.1) is 0 Å². The number of aromatic nitrogens is 1. The average molecular weight is 295 g/mol. The van der Waals surface area contributed by atoms with E-state index in [1.807, 2.05) is 61.5 Å². The summed E-state index contributed by atoms with van der Waals surface area (Å²) in [6, 6.07) is 13.2. The Morgan fingerprint density at radius 2 is 2.09 bits per heavy atom. The summed E-state index contributed by atoms with van der Waals surface area (Å²) >= 11 is 0. The second-order valence-electron chi connectivity index (χ2n) is 5.28. The van der Waals surface area contributed by atoms with Gasteiger partial charge in [-0.2, -0.15) is 0 Å². The van der Waals surface area contributed by atoms with Crippen LogP contribution >= 0.6 is 0 Å². The van der Waals surface area contributed by atoms with Crippen molar-refractivity contribution >= 4 is 22.7 Å². The fraction of sp³-hybridized carbons (Fsp3) is 0.176. The van der Waals surface area contributed by atoms with Gasteiger partial charge in [0.15, 0.2) is 12.0 Å². The molecule has 5 nitrogen and oxygen atoms in total. The molecule has 0 saturated carbocycles. The molecular weight excluding hydrogens is 278 g/mol. The molecule has 0 aliphatic heterocycles. The quantitative estimate of drug-likeness (QED) is 0.804. The standard InChI is InChI=1S/C17H17N3O2/c1-20(2)14-5-3-4-13(9-14)17(21)18-10-12-6-7-15-16(8-12)22-11-19-15/h3-9,11H,10H2,1-2H3,(H,18,21). The Morgan fingerprint density at radius 3 is 2.91 bits per heavy atom. The van der Waals surface area contributed by atoms with E-state index in [9.17, 15) is 4.79 Å². The van der Waals surface area contributed by atoms with Crippen LogP contribution in [-0.2, 0) is 6.54 Å². The van der Waals surface area contributed by atoms with Gasteiger partial charge in [0.25, 0.3) is 5.91 Å². The predicted molar refractivity (Wildman–Crippen MR) is 85.9 cm³/mol. The Balaban J connectivity index is 1.70. The normalized spacial score (nSPS) is 10.6. The highest BCUT2D eigenvalue weighted by molar-refractivity contribution is 5.95. The summed E-state index contributed by atoms with van der Waals surface area (Å²) in [6.45, 7) is 0.446. The molecule has 1 N–H and O–H groups in total. The molecule has 0 saturated heterocycles. The smallest absolute Gasteiger partial charge is 0.251 e. The van der Waals surface area contributed by atoms with Crippen molar-refractivity contribution in [2.45, 2.75) is 6.54 Å². The van der Waals surface area contributed by atoms with E-state index in [0.717, 1.165) is 22.4 Å².